The maximum Gasteiger partial charge on any atom is 0.317 e. The molecule has 6 nitrogen and oxygen atoms in total. The molecule has 1 fully saturated rings. The number of likely N-dealkylation sites (tertiary alicyclic amines) is 1. The van der Waals surface area contributed by atoms with E-state index in [2.05, 4.69) is 5.32 Å². The van der Waals surface area contributed by atoms with Crippen LogP contribution in [0.5, 0.6) is 0 Å². The number of aliphatic hydroxyl groups excluding tert-OH is 1. The van der Waals surface area contributed by atoms with E-state index < -0.39 is 11.5 Å². The lowest BCUT2D eigenvalue weighted by Crippen LogP contribution is -2.53. The minimum Gasteiger partial charge on any atom is -0.481 e. The Labute approximate surface area is 107 Å². The molecule has 0 spiro atoms. The van der Waals surface area contributed by atoms with Gasteiger partial charge in [0.15, 0.2) is 0 Å². The Morgan fingerprint density at radius 2 is 2.11 bits per heavy atom. The smallest absolute Gasteiger partial charge is 0.317 e. The van der Waals surface area contributed by atoms with Crippen molar-refractivity contribution in [2.45, 2.75) is 38.6 Å². The van der Waals surface area contributed by atoms with Crippen LogP contribution in [-0.2, 0) is 4.79 Å². The Bertz CT molecular complexity index is 317. The van der Waals surface area contributed by atoms with Crippen molar-refractivity contribution < 1.29 is 19.8 Å². The minimum atomic E-state index is -0.938. The summed E-state index contributed by atoms with van der Waals surface area (Å²) in [5.74, 6) is -0.806. The number of aliphatic hydroxyl groups is 1. The number of nitrogens with zero attached hydrogens (tertiary/aromatic N) is 1. The van der Waals surface area contributed by atoms with Crippen molar-refractivity contribution in [2.75, 3.05) is 19.7 Å². The summed E-state index contributed by atoms with van der Waals surface area (Å²) in [6, 6.07) is -0.251. The second-order valence-electron chi connectivity index (χ2n) is 5.52. The van der Waals surface area contributed by atoms with Gasteiger partial charge in [-0.1, -0.05) is 0 Å². The second kappa shape index (κ2) is 6.04. The van der Waals surface area contributed by atoms with E-state index in [0.717, 1.165) is 12.8 Å². The molecule has 104 valence electrons. The van der Waals surface area contributed by atoms with E-state index in [1.807, 2.05) is 0 Å². The van der Waals surface area contributed by atoms with Gasteiger partial charge in [-0.25, -0.2) is 4.79 Å². The second-order valence-corrected chi connectivity index (χ2v) is 5.52. The van der Waals surface area contributed by atoms with Crippen molar-refractivity contribution in [3.8, 4) is 0 Å². The number of amides is 2. The van der Waals surface area contributed by atoms with Gasteiger partial charge in [0.2, 0.25) is 0 Å². The van der Waals surface area contributed by atoms with Crippen molar-refractivity contribution in [1.82, 2.24) is 10.2 Å². The number of piperidine rings is 1. The highest BCUT2D eigenvalue weighted by molar-refractivity contribution is 5.76. The number of urea groups is 1. The zero-order valence-corrected chi connectivity index (χ0v) is 11.0. The summed E-state index contributed by atoms with van der Waals surface area (Å²) in [6.45, 7) is 4.65. The maximum atomic E-state index is 12.0. The van der Waals surface area contributed by atoms with Crippen molar-refractivity contribution in [3.63, 3.8) is 0 Å². The van der Waals surface area contributed by atoms with Crippen molar-refractivity contribution >= 4 is 12.0 Å². The monoisotopic (exact) mass is 258 g/mol. The molecule has 1 aliphatic heterocycles. The van der Waals surface area contributed by atoms with Crippen molar-refractivity contribution in [1.29, 1.82) is 0 Å². The fraction of sp³-hybridized carbons (Fsp3) is 0.833. The molecule has 1 unspecified atom stereocenters. The summed E-state index contributed by atoms with van der Waals surface area (Å²) in [4.78, 5) is 24.3. The number of carbonyl (C=O) groups is 2. The number of carbonyl (C=O) groups excluding carboxylic acids is 1. The van der Waals surface area contributed by atoms with Gasteiger partial charge >= 0.3 is 12.0 Å². The zero-order valence-electron chi connectivity index (χ0n) is 11.0. The molecule has 2 amide bonds. The molecule has 0 aromatic carbocycles. The van der Waals surface area contributed by atoms with Gasteiger partial charge in [-0.05, 0) is 32.6 Å². The van der Waals surface area contributed by atoms with Crippen LogP contribution < -0.4 is 5.32 Å². The number of nitrogens with one attached hydrogen (secondary N) is 1. The molecular formula is C12H22N2O4. The fourth-order valence-electron chi connectivity index (χ4n) is 2.19. The fourth-order valence-corrected chi connectivity index (χ4v) is 2.19. The Hall–Kier alpha value is -1.30. The van der Waals surface area contributed by atoms with Crippen LogP contribution in [0.1, 0.15) is 33.1 Å². The third-order valence-electron chi connectivity index (χ3n) is 3.10. The predicted octanol–water partition coefficient (Wildman–Crippen LogP) is 0.654. The number of aliphatic carboxylic acids is 1. The standard InChI is InChI=1S/C12H22N2O4/c1-12(2,6-10(16)17)13-11(18)14-5-3-4-9(7-14)8-15/h9,15H,3-8H2,1-2H3,(H,13,18)(H,16,17). The Balaban J connectivity index is 2.51. The van der Waals surface area contributed by atoms with Crippen molar-refractivity contribution in [3.05, 3.63) is 0 Å². The van der Waals surface area contributed by atoms with Gasteiger partial charge in [0, 0.05) is 25.2 Å². The van der Waals surface area contributed by atoms with E-state index in [-0.39, 0.29) is 25.0 Å². The summed E-state index contributed by atoms with van der Waals surface area (Å²) in [7, 11) is 0. The quantitative estimate of drug-likeness (QED) is 0.690. The molecule has 0 saturated carbocycles. The maximum absolute atomic E-state index is 12.0. The van der Waals surface area contributed by atoms with Crippen LogP contribution in [0, 0.1) is 5.92 Å². The van der Waals surface area contributed by atoms with Crippen molar-refractivity contribution in [2.24, 2.45) is 5.92 Å². The number of carboxylic acids is 1. The third-order valence-corrected chi connectivity index (χ3v) is 3.10. The molecule has 0 aromatic heterocycles. The first-order valence-corrected chi connectivity index (χ1v) is 6.24. The molecule has 3 N–H and O–H groups in total. The number of rotatable bonds is 4. The molecule has 0 aromatic rings. The molecule has 1 aliphatic rings. The van der Waals surface area contributed by atoms with Crippen LogP contribution in [0.3, 0.4) is 0 Å². The van der Waals surface area contributed by atoms with Gasteiger partial charge < -0.3 is 20.4 Å². The molecular weight excluding hydrogens is 236 g/mol. The van der Waals surface area contributed by atoms with Crippen LogP contribution in [0.2, 0.25) is 0 Å². The van der Waals surface area contributed by atoms with Gasteiger partial charge in [0.1, 0.15) is 0 Å². The Morgan fingerprint density at radius 1 is 1.44 bits per heavy atom. The zero-order chi connectivity index (χ0) is 13.8. The summed E-state index contributed by atoms with van der Waals surface area (Å²) < 4.78 is 0. The normalized spacial score (nSPS) is 20.6. The molecule has 18 heavy (non-hydrogen) atoms. The van der Waals surface area contributed by atoms with Gasteiger partial charge in [0.05, 0.1) is 6.42 Å². The summed E-state index contributed by atoms with van der Waals surface area (Å²) in [5, 5.41) is 20.6. The minimum absolute atomic E-state index is 0.0856. The number of carboxylic acid groups (broad SMARTS) is 1. The lowest BCUT2D eigenvalue weighted by atomic mass is 9.98. The van der Waals surface area contributed by atoms with Crippen LogP contribution in [0.25, 0.3) is 0 Å². The van der Waals surface area contributed by atoms with Crippen LogP contribution >= 0.6 is 0 Å². The SMILES string of the molecule is CC(C)(CC(=O)O)NC(=O)N1CCCC(CO)C1. The van der Waals surface area contributed by atoms with Gasteiger partial charge in [-0.2, -0.15) is 0 Å². The summed E-state index contributed by atoms with van der Waals surface area (Å²) in [6.07, 6.45) is 1.69. The molecule has 0 bridgehead atoms. The van der Waals surface area contributed by atoms with Gasteiger partial charge in [-0.15, -0.1) is 0 Å². The van der Waals surface area contributed by atoms with E-state index in [4.69, 9.17) is 10.2 Å². The van der Waals surface area contributed by atoms with E-state index in [1.54, 1.807) is 18.7 Å². The van der Waals surface area contributed by atoms with Crippen LogP contribution in [0.4, 0.5) is 4.79 Å². The average molecular weight is 258 g/mol. The highest BCUT2D eigenvalue weighted by atomic mass is 16.4. The summed E-state index contributed by atoms with van der Waals surface area (Å²) >= 11 is 0. The third kappa shape index (κ3) is 4.52. The Kier molecular flexibility index (Phi) is 4.95. The largest absolute Gasteiger partial charge is 0.481 e. The molecule has 0 aliphatic carbocycles. The van der Waals surface area contributed by atoms with Crippen LogP contribution in [-0.4, -0.2) is 52.3 Å². The van der Waals surface area contributed by atoms with E-state index in [9.17, 15) is 9.59 Å². The van der Waals surface area contributed by atoms with Gasteiger partial charge in [-0.3, -0.25) is 4.79 Å². The summed E-state index contributed by atoms with van der Waals surface area (Å²) in [5.41, 5.74) is -0.769. The number of hydrogen-bond donors (Lipinski definition) is 3. The molecule has 6 heteroatoms. The van der Waals surface area contributed by atoms with E-state index in [1.165, 1.54) is 0 Å². The lowest BCUT2D eigenvalue weighted by molar-refractivity contribution is -0.138. The predicted molar refractivity (Wildman–Crippen MR) is 66.2 cm³/mol. The highest BCUT2D eigenvalue weighted by Gasteiger charge is 2.28. The van der Waals surface area contributed by atoms with Crippen LogP contribution in [0.15, 0.2) is 0 Å². The first kappa shape index (κ1) is 14.8. The van der Waals surface area contributed by atoms with E-state index >= 15 is 0 Å². The molecule has 1 heterocycles. The average Bonchev–Trinajstić information content (AvgIpc) is 2.26. The first-order chi connectivity index (χ1) is 8.34. The first-order valence-electron chi connectivity index (χ1n) is 6.24. The Morgan fingerprint density at radius 3 is 2.67 bits per heavy atom. The molecule has 1 saturated heterocycles. The lowest BCUT2D eigenvalue weighted by Gasteiger charge is -2.35. The topological polar surface area (TPSA) is 89.9 Å². The number of hydrogen-bond acceptors (Lipinski definition) is 3. The molecule has 0 radical (unpaired) electrons. The van der Waals surface area contributed by atoms with E-state index in [0.29, 0.717) is 13.1 Å². The van der Waals surface area contributed by atoms with Gasteiger partial charge in [0.25, 0.3) is 0 Å². The molecule has 1 atom stereocenters. The highest BCUT2D eigenvalue weighted by Crippen LogP contribution is 2.17. The molecule has 1 rings (SSSR count).